The van der Waals surface area contributed by atoms with Crippen molar-refractivity contribution in [1.82, 2.24) is 10.3 Å². The van der Waals surface area contributed by atoms with Gasteiger partial charge in [-0.15, -0.1) is 0 Å². The summed E-state index contributed by atoms with van der Waals surface area (Å²) in [6, 6.07) is 7.02. The van der Waals surface area contributed by atoms with E-state index in [0.717, 1.165) is 11.1 Å². The third kappa shape index (κ3) is 5.27. The fourth-order valence-corrected chi connectivity index (χ4v) is 3.56. The van der Waals surface area contributed by atoms with Crippen molar-refractivity contribution in [3.8, 4) is 17.6 Å². The van der Waals surface area contributed by atoms with Gasteiger partial charge in [-0.1, -0.05) is 6.07 Å². The number of amides is 1. The normalized spacial score (nSPS) is 13.1. The third-order valence-electron chi connectivity index (χ3n) is 5.31. The van der Waals surface area contributed by atoms with E-state index in [1.165, 1.54) is 0 Å². The monoisotopic (exact) mass is 439 g/mol. The molecule has 0 unspecified atom stereocenters. The van der Waals surface area contributed by atoms with Gasteiger partial charge in [-0.05, 0) is 56.0 Å². The standard InChI is InChI=1S/C23H25N3O6/c1-13-17(15(3)26-23(29)18(13)11-24)5-7-22(28)32-12-21(27)25-14(2)16-4-6-19-20(10-16)31-9-8-30-19/h4,6,10,14H,5,7-9,12H2,1-3H3,(H,25,27)(H,26,29)/t14-/m1/s1. The Labute approximate surface area is 185 Å². The molecule has 0 aliphatic carbocycles. The third-order valence-corrected chi connectivity index (χ3v) is 5.31. The van der Waals surface area contributed by atoms with Crippen molar-refractivity contribution in [2.45, 2.75) is 39.7 Å². The van der Waals surface area contributed by atoms with E-state index in [2.05, 4.69) is 10.3 Å². The Bertz CT molecular complexity index is 1130. The lowest BCUT2D eigenvalue weighted by Gasteiger charge is -2.21. The largest absolute Gasteiger partial charge is 0.486 e. The van der Waals surface area contributed by atoms with E-state index in [1.807, 2.05) is 25.1 Å². The van der Waals surface area contributed by atoms with E-state index in [-0.39, 0.29) is 24.4 Å². The maximum atomic E-state index is 12.2. The molecule has 0 spiro atoms. The number of ether oxygens (including phenoxy) is 3. The number of hydrogen-bond donors (Lipinski definition) is 2. The molecule has 0 saturated carbocycles. The molecule has 1 amide bonds. The molecule has 0 bridgehead atoms. The van der Waals surface area contributed by atoms with Gasteiger partial charge in [0.25, 0.3) is 11.5 Å². The summed E-state index contributed by atoms with van der Waals surface area (Å²) in [5, 5.41) is 11.9. The molecule has 9 heteroatoms. The smallest absolute Gasteiger partial charge is 0.306 e. The summed E-state index contributed by atoms with van der Waals surface area (Å²) in [6.07, 6.45) is 0.306. The van der Waals surface area contributed by atoms with Gasteiger partial charge in [0.1, 0.15) is 24.8 Å². The van der Waals surface area contributed by atoms with Crippen molar-refractivity contribution in [3.63, 3.8) is 0 Å². The SMILES string of the molecule is Cc1[nH]c(=O)c(C#N)c(C)c1CCC(=O)OCC(=O)N[C@H](C)c1ccc2c(c1)OCCO2. The number of rotatable bonds is 7. The van der Waals surface area contributed by atoms with Crippen molar-refractivity contribution >= 4 is 11.9 Å². The summed E-state index contributed by atoms with van der Waals surface area (Å²) in [5.74, 6) is 0.329. The second kappa shape index (κ2) is 10.0. The van der Waals surface area contributed by atoms with Crippen molar-refractivity contribution < 1.29 is 23.8 Å². The Hall–Kier alpha value is -3.80. The molecule has 32 heavy (non-hydrogen) atoms. The molecule has 0 radical (unpaired) electrons. The first-order valence-corrected chi connectivity index (χ1v) is 10.3. The van der Waals surface area contributed by atoms with Gasteiger partial charge < -0.3 is 24.5 Å². The molecule has 2 heterocycles. The topological polar surface area (TPSA) is 131 Å². The summed E-state index contributed by atoms with van der Waals surface area (Å²) in [7, 11) is 0. The molecule has 9 nitrogen and oxygen atoms in total. The predicted molar refractivity (Wildman–Crippen MR) is 115 cm³/mol. The quantitative estimate of drug-likeness (QED) is 0.631. The lowest BCUT2D eigenvalue weighted by atomic mass is 9.99. The summed E-state index contributed by atoms with van der Waals surface area (Å²) in [4.78, 5) is 38.7. The molecule has 3 rings (SSSR count). The number of carbonyl (C=O) groups excluding carboxylic acids is 2. The number of benzene rings is 1. The lowest BCUT2D eigenvalue weighted by Crippen LogP contribution is -2.31. The first-order chi connectivity index (χ1) is 15.3. The maximum Gasteiger partial charge on any atom is 0.306 e. The minimum absolute atomic E-state index is 0.0174. The minimum Gasteiger partial charge on any atom is -0.486 e. The Kier molecular flexibility index (Phi) is 7.15. The fraction of sp³-hybridized carbons (Fsp3) is 0.391. The number of esters is 1. The van der Waals surface area contributed by atoms with Gasteiger partial charge in [0.15, 0.2) is 18.1 Å². The van der Waals surface area contributed by atoms with Crippen molar-refractivity contribution in [2.75, 3.05) is 19.8 Å². The van der Waals surface area contributed by atoms with Crippen LogP contribution >= 0.6 is 0 Å². The molecular weight excluding hydrogens is 414 g/mol. The molecule has 0 saturated heterocycles. The number of hydrogen-bond acceptors (Lipinski definition) is 7. The van der Waals surface area contributed by atoms with E-state index in [1.54, 1.807) is 19.9 Å². The number of nitrogens with one attached hydrogen (secondary N) is 2. The highest BCUT2D eigenvalue weighted by Crippen LogP contribution is 2.32. The van der Waals surface area contributed by atoms with E-state index >= 15 is 0 Å². The van der Waals surface area contributed by atoms with Crippen LogP contribution in [0.2, 0.25) is 0 Å². The summed E-state index contributed by atoms with van der Waals surface area (Å²) in [5.41, 5.74) is 2.29. The Morgan fingerprint density at radius 1 is 1.25 bits per heavy atom. The zero-order valence-electron chi connectivity index (χ0n) is 18.2. The van der Waals surface area contributed by atoms with Gasteiger partial charge in [0.2, 0.25) is 0 Å². The number of pyridine rings is 1. The molecule has 1 aliphatic rings. The van der Waals surface area contributed by atoms with E-state index in [9.17, 15) is 14.4 Å². The minimum atomic E-state index is -0.546. The first kappa shape index (κ1) is 22.9. The Morgan fingerprint density at radius 2 is 1.97 bits per heavy atom. The number of aromatic amines is 1. The number of nitriles is 1. The van der Waals surface area contributed by atoms with Crippen LogP contribution < -0.4 is 20.3 Å². The fourth-order valence-electron chi connectivity index (χ4n) is 3.56. The molecule has 168 valence electrons. The molecular formula is C23H25N3O6. The average Bonchev–Trinajstić information content (AvgIpc) is 2.77. The average molecular weight is 439 g/mol. The van der Waals surface area contributed by atoms with Crippen LogP contribution in [0.3, 0.4) is 0 Å². The van der Waals surface area contributed by atoms with Gasteiger partial charge in [0, 0.05) is 12.1 Å². The highest BCUT2D eigenvalue weighted by atomic mass is 16.6. The van der Waals surface area contributed by atoms with Crippen LogP contribution in [0, 0.1) is 25.2 Å². The van der Waals surface area contributed by atoms with Crippen LogP contribution in [-0.4, -0.2) is 36.7 Å². The number of fused-ring (bicyclic) bond motifs is 1. The predicted octanol–water partition coefficient (Wildman–Crippen LogP) is 1.99. The number of nitrogens with zero attached hydrogens (tertiary/aromatic N) is 1. The second-order valence-corrected chi connectivity index (χ2v) is 7.52. The van der Waals surface area contributed by atoms with Gasteiger partial charge in [-0.25, -0.2) is 0 Å². The van der Waals surface area contributed by atoms with Crippen LogP contribution in [0.15, 0.2) is 23.0 Å². The molecule has 1 aromatic carbocycles. The van der Waals surface area contributed by atoms with Crippen molar-refractivity contribution in [2.24, 2.45) is 0 Å². The van der Waals surface area contributed by atoms with Gasteiger partial charge in [0.05, 0.1) is 6.04 Å². The number of carbonyl (C=O) groups is 2. The lowest BCUT2D eigenvalue weighted by molar-refractivity contribution is -0.148. The van der Waals surface area contributed by atoms with Crippen LogP contribution in [0.25, 0.3) is 0 Å². The molecule has 1 aliphatic heterocycles. The summed E-state index contributed by atoms with van der Waals surface area (Å²) >= 11 is 0. The highest BCUT2D eigenvalue weighted by Gasteiger charge is 2.17. The Morgan fingerprint density at radius 3 is 2.69 bits per heavy atom. The Balaban J connectivity index is 1.50. The molecule has 2 N–H and O–H groups in total. The highest BCUT2D eigenvalue weighted by molar-refractivity contribution is 5.81. The number of aromatic nitrogens is 1. The zero-order chi connectivity index (χ0) is 23.3. The number of H-pyrrole nitrogens is 1. The van der Waals surface area contributed by atoms with E-state index in [0.29, 0.717) is 36.0 Å². The van der Waals surface area contributed by atoms with Crippen molar-refractivity contribution in [3.05, 3.63) is 56.5 Å². The number of aryl methyl sites for hydroxylation is 1. The summed E-state index contributed by atoms with van der Waals surface area (Å²) in [6.45, 7) is 5.78. The molecule has 0 fully saturated rings. The van der Waals surface area contributed by atoms with Gasteiger partial charge >= 0.3 is 5.97 Å². The molecule has 1 atom stereocenters. The van der Waals surface area contributed by atoms with Crippen LogP contribution in [0.4, 0.5) is 0 Å². The first-order valence-electron chi connectivity index (χ1n) is 10.3. The van der Waals surface area contributed by atoms with Gasteiger partial charge in [-0.3, -0.25) is 14.4 Å². The van der Waals surface area contributed by atoms with E-state index in [4.69, 9.17) is 19.5 Å². The van der Waals surface area contributed by atoms with E-state index < -0.39 is 24.0 Å². The zero-order valence-corrected chi connectivity index (χ0v) is 18.2. The second-order valence-electron chi connectivity index (χ2n) is 7.52. The maximum absolute atomic E-state index is 12.2. The van der Waals surface area contributed by atoms with Gasteiger partial charge in [-0.2, -0.15) is 5.26 Å². The van der Waals surface area contributed by atoms with Crippen LogP contribution in [0.1, 0.15) is 47.3 Å². The van der Waals surface area contributed by atoms with Crippen molar-refractivity contribution in [1.29, 1.82) is 5.26 Å². The van der Waals surface area contributed by atoms with Crippen LogP contribution in [0.5, 0.6) is 11.5 Å². The molecule has 2 aromatic rings. The van der Waals surface area contributed by atoms with Crippen LogP contribution in [-0.2, 0) is 20.7 Å². The molecule has 1 aromatic heterocycles. The summed E-state index contributed by atoms with van der Waals surface area (Å²) < 4.78 is 16.1.